The van der Waals surface area contributed by atoms with Crippen LogP contribution in [0, 0.1) is 0 Å². The van der Waals surface area contributed by atoms with Crippen LogP contribution in [0.1, 0.15) is 6.42 Å². The highest BCUT2D eigenvalue weighted by atomic mass is 31.2. The average molecular weight is 385 g/mol. The van der Waals surface area contributed by atoms with Gasteiger partial charge in [0, 0.05) is 19.5 Å². The van der Waals surface area contributed by atoms with Crippen LogP contribution in [-0.4, -0.2) is 66.5 Å². The number of hydrogen-bond donors (Lipinski definition) is 6. The van der Waals surface area contributed by atoms with Gasteiger partial charge in [0.05, 0.1) is 0 Å². The molecule has 0 aliphatic heterocycles. The van der Waals surface area contributed by atoms with E-state index in [9.17, 15) is 19.3 Å². The van der Waals surface area contributed by atoms with Gasteiger partial charge in [-0.25, -0.2) is 0 Å². The van der Waals surface area contributed by atoms with Gasteiger partial charge in [-0.2, -0.15) is 0 Å². The van der Waals surface area contributed by atoms with Crippen LogP contribution in [0.3, 0.4) is 0 Å². The molecule has 12 heteroatoms. The molecule has 10 nitrogen and oxygen atoms in total. The van der Waals surface area contributed by atoms with Gasteiger partial charge in [0.2, 0.25) is 0 Å². The van der Waals surface area contributed by atoms with Gasteiger partial charge in [0.15, 0.2) is 11.5 Å². The van der Waals surface area contributed by atoms with E-state index in [4.69, 9.17) is 24.3 Å². The van der Waals surface area contributed by atoms with Crippen LogP contribution in [0.4, 0.5) is 0 Å². The zero-order valence-corrected chi connectivity index (χ0v) is 14.7. The summed E-state index contributed by atoms with van der Waals surface area (Å²) in [6.45, 7) is 0.141. The normalized spacial score (nSPS) is 13.3. The number of ether oxygens (including phenoxy) is 1. The van der Waals surface area contributed by atoms with Gasteiger partial charge >= 0.3 is 15.2 Å². The molecular weight excluding hydrogens is 364 g/mol. The fourth-order valence-corrected chi connectivity index (χ4v) is 3.94. The van der Waals surface area contributed by atoms with Crippen molar-refractivity contribution < 1.29 is 43.7 Å². The number of aromatic hydroxyl groups is 1. The lowest BCUT2D eigenvalue weighted by atomic mass is 10.3. The Morgan fingerprint density at radius 2 is 1.62 bits per heavy atom. The Hall–Kier alpha value is -0.960. The van der Waals surface area contributed by atoms with Crippen molar-refractivity contribution in [3.05, 3.63) is 24.3 Å². The predicted molar refractivity (Wildman–Crippen MR) is 84.8 cm³/mol. The molecule has 0 aliphatic rings. The Bertz CT molecular complexity index is 619. The first-order chi connectivity index (χ1) is 10.9. The second kappa shape index (κ2) is 7.95. The van der Waals surface area contributed by atoms with Crippen molar-refractivity contribution in [3.8, 4) is 11.5 Å². The molecule has 0 radical (unpaired) electrons. The highest BCUT2D eigenvalue weighted by molar-refractivity contribution is 7.72. The molecule has 0 saturated carbocycles. The quantitative estimate of drug-likeness (QED) is 0.321. The summed E-state index contributed by atoms with van der Waals surface area (Å²) in [5.74, 6) is 0.213. The van der Waals surface area contributed by atoms with Gasteiger partial charge < -0.3 is 39.4 Å². The van der Waals surface area contributed by atoms with Gasteiger partial charge in [-0.1, -0.05) is 12.1 Å². The van der Waals surface area contributed by atoms with Gasteiger partial charge in [-0.3, -0.25) is 9.13 Å². The number of para-hydroxylation sites is 2. The van der Waals surface area contributed by atoms with E-state index in [0.29, 0.717) is 0 Å². The van der Waals surface area contributed by atoms with E-state index in [0.717, 1.165) is 0 Å². The number of likely N-dealkylation sites (N-methyl/N-ethyl adjacent to an activating group) is 1. The Morgan fingerprint density at radius 1 is 1.08 bits per heavy atom. The topological polar surface area (TPSA) is 168 Å². The maximum absolute atomic E-state index is 11.2. The minimum absolute atomic E-state index is 0.0440. The van der Waals surface area contributed by atoms with Gasteiger partial charge in [0.25, 0.3) is 5.08 Å². The molecule has 1 aromatic carbocycles. The van der Waals surface area contributed by atoms with E-state index in [1.54, 1.807) is 18.2 Å². The third-order valence-electron chi connectivity index (χ3n) is 3.36. The van der Waals surface area contributed by atoms with Gasteiger partial charge in [0.1, 0.15) is 6.61 Å². The summed E-state index contributed by atoms with van der Waals surface area (Å²) in [7, 11) is -9.37. The van der Waals surface area contributed by atoms with Crippen LogP contribution >= 0.6 is 15.2 Å². The number of phenolic OH excluding ortho intramolecular Hbond substituents is 1. The maximum Gasteiger partial charge on any atom is 0.369 e. The molecule has 0 atom stereocenters. The van der Waals surface area contributed by atoms with Crippen molar-refractivity contribution in [2.45, 2.75) is 11.5 Å². The lowest BCUT2D eigenvalue weighted by Gasteiger charge is -2.30. The second-order valence-electron chi connectivity index (χ2n) is 5.23. The Kier molecular flexibility index (Phi) is 6.98. The summed E-state index contributed by atoms with van der Waals surface area (Å²) in [5, 5.41) is 15.9. The van der Waals surface area contributed by atoms with Crippen LogP contribution in [0.15, 0.2) is 24.3 Å². The summed E-state index contributed by atoms with van der Waals surface area (Å²) in [6.07, 6.45) is -0.825. The zero-order valence-electron chi connectivity index (χ0n) is 12.9. The molecule has 0 bridgehead atoms. The summed E-state index contributed by atoms with van der Waals surface area (Å²) in [5.41, 5.74) is 0. The zero-order chi connectivity index (χ0) is 18.6. The number of phenols is 1. The van der Waals surface area contributed by atoms with E-state index in [1.165, 1.54) is 18.0 Å². The van der Waals surface area contributed by atoms with Crippen molar-refractivity contribution in [3.63, 3.8) is 0 Å². The SMILES string of the molecule is CN(CCOc1ccccc1O)CCC(O)(P(=O)(O)O)P(=O)(O)O. The molecule has 0 spiro atoms. The molecule has 0 aliphatic carbocycles. The Balaban J connectivity index is 2.56. The summed E-state index contributed by atoms with van der Waals surface area (Å²) in [6, 6.07) is 6.28. The lowest BCUT2D eigenvalue weighted by molar-refractivity contribution is 0.109. The Morgan fingerprint density at radius 3 is 2.12 bits per heavy atom. The minimum Gasteiger partial charge on any atom is -0.504 e. The molecule has 1 aromatic rings. The van der Waals surface area contributed by atoms with Gasteiger partial charge in [-0.15, -0.1) is 0 Å². The Labute approximate surface area is 138 Å². The minimum atomic E-state index is -5.44. The number of rotatable bonds is 9. The van der Waals surface area contributed by atoms with Crippen LogP contribution in [0.2, 0.25) is 0 Å². The molecular formula is C12H21NO9P2. The van der Waals surface area contributed by atoms with Crippen LogP contribution in [0.5, 0.6) is 11.5 Å². The number of hydrogen-bond acceptors (Lipinski definition) is 6. The van der Waals surface area contributed by atoms with Gasteiger partial charge in [-0.05, 0) is 19.2 Å². The molecule has 0 aromatic heterocycles. The van der Waals surface area contributed by atoms with Crippen molar-refractivity contribution in [2.24, 2.45) is 0 Å². The summed E-state index contributed by atoms with van der Waals surface area (Å²) in [4.78, 5) is 37.6. The van der Waals surface area contributed by atoms with Crippen LogP contribution in [-0.2, 0) is 9.13 Å². The maximum atomic E-state index is 11.2. The van der Waals surface area contributed by atoms with Crippen molar-refractivity contribution >= 4 is 15.2 Å². The highest BCUT2D eigenvalue weighted by Crippen LogP contribution is 2.68. The monoisotopic (exact) mass is 385 g/mol. The first kappa shape index (κ1) is 21.1. The molecule has 138 valence electrons. The van der Waals surface area contributed by atoms with Crippen molar-refractivity contribution in [2.75, 3.05) is 26.7 Å². The average Bonchev–Trinajstić information content (AvgIpc) is 2.44. The molecule has 1 rings (SSSR count). The first-order valence-corrected chi connectivity index (χ1v) is 10.0. The largest absolute Gasteiger partial charge is 0.504 e. The summed E-state index contributed by atoms with van der Waals surface area (Å²) < 4.78 is 27.8. The molecule has 0 heterocycles. The van der Waals surface area contributed by atoms with Crippen LogP contribution < -0.4 is 4.74 Å². The molecule has 0 unspecified atom stereocenters. The van der Waals surface area contributed by atoms with Crippen molar-refractivity contribution in [1.29, 1.82) is 0 Å². The molecule has 6 N–H and O–H groups in total. The van der Waals surface area contributed by atoms with E-state index in [2.05, 4.69) is 0 Å². The standard InChI is InChI=1S/C12H21NO9P2/c1-13(8-9-22-11-5-3-2-4-10(11)14)7-6-12(15,23(16,17)18)24(19,20)21/h2-5,14-15H,6-9H2,1H3,(H2,16,17,18)(H2,19,20,21). The lowest BCUT2D eigenvalue weighted by Crippen LogP contribution is -2.35. The third-order valence-corrected chi connectivity index (χ3v) is 7.23. The highest BCUT2D eigenvalue weighted by Gasteiger charge is 2.58. The van der Waals surface area contributed by atoms with E-state index in [-0.39, 0.29) is 31.2 Å². The van der Waals surface area contributed by atoms with Crippen LogP contribution in [0.25, 0.3) is 0 Å². The smallest absolute Gasteiger partial charge is 0.369 e. The molecule has 24 heavy (non-hydrogen) atoms. The molecule has 0 saturated heterocycles. The number of benzene rings is 1. The predicted octanol–water partition coefficient (Wildman–Crippen LogP) is 0.0944. The van der Waals surface area contributed by atoms with E-state index < -0.39 is 26.7 Å². The molecule has 0 amide bonds. The first-order valence-electron chi connectivity index (χ1n) is 6.81. The number of nitrogens with zero attached hydrogens (tertiary/aromatic N) is 1. The second-order valence-corrected chi connectivity index (χ2v) is 9.24. The van der Waals surface area contributed by atoms with Crippen molar-refractivity contribution in [1.82, 2.24) is 4.90 Å². The fourth-order valence-electron chi connectivity index (χ4n) is 1.80. The summed E-state index contributed by atoms with van der Waals surface area (Å²) >= 11 is 0. The third kappa shape index (κ3) is 5.27. The fraction of sp³-hybridized carbons (Fsp3) is 0.500. The van der Waals surface area contributed by atoms with E-state index in [1.807, 2.05) is 0 Å². The number of aliphatic hydroxyl groups is 1. The van der Waals surface area contributed by atoms with E-state index >= 15 is 0 Å². The molecule has 0 fully saturated rings.